The van der Waals surface area contributed by atoms with Crippen molar-refractivity contribution in [2.24, 2.45) is 0 Å². The molecule has 0 bridgehead atoms. The lowest BCUT2D eigenvalue weighted by Gasteiger charge is -2.07. The number of aryl methyl sites for hydroxylation is 1. The predicted octanol–water partition coefficient (Wildman–Crippen LogP) is 3.51. The van der Waals surface area contributed by atoms with Gasteiger partial charge in [0, 0.05) is 0 Å². The minimum absolute atomic E-state index is 0.197. The van der Waals surface area contributed by atoms with Gasteiger partial charge < -0.3 is 4.74 Å². The zero-order chi connectivity index (χ0) is 14.3. The average molecular weight is 289 g/mol. The second kappa shape index (κ2) is 4.76. The summed E-state index contributed by atoms with van der Waals surface area (Å²) in [7, 11) is 1.60. The topological polar surface area (TPSA) is 31.2 Å². The summed E-state index contributed by atoms with van der Waals surface area (Å²) in [5.41, 5.74) is 1.52. The molecule has 0 N–H and O–H groups in total. The molecule has 20 heavy (non-hydrogen) atoms. The first-order valence-corrected chi connectivity index (χ1v) is 6.84. The van der Waals surface area contributed by atoms with Crippen molar-refractivity contribution in [3.05, 3.63) is 58.1 Å². The quantitative estimate of drug-likeness (QED) is 0.723. The normalized spacial score (nSPS) is 10.9. The van der Waals surface area contributed by atoms with Gasteiger partial charge in [0.1, 0.15) is 11.6 Å². The van der Waals surface area contributed by atoms with Crippen LogP contribution in [0.15, 0.2) is 41.2 Å². The van der Waals surface area contributed by atoms with Crippen molar-refractivity contribution in [1.29, 1.82) is 0 Å². The summed E-state index contributed by atoms with van der Waals surface area (Å²) in [5.74, 6) is 0.345. The summed E-state index contributed by atoms with van der Waals surface area (Å²) < 4.78 is 20.8. The lowest BCUT2D eigenvalue weighted by Crippen LogP contribution is -2.11. The lowest BCUT2D eigenvalue weighted by atomic mass is 10.2. The summed E-state index contributed by atoms with van der Waals surface area (Å²) >= 11 is 1.31. The van der Waals surface area contributed by atoms with Crippen molar-refractivity contribution < 1.29 is 9.13 Å². The summed E-state index contributed by atoms with van der Waals surface area (Å²) in [6, 6.07) is 9.78. The molecule has 2 aromatic carbocycles. The number of rotatable bonds is 2. The molecule has 0 spiro atoms. The highest BCUT2D eigenvalue weighted by molar-refractivity contribution is 7.14. The van der Waals surface area contributed by atoms with Crippen LogP contribution in [0.4, 0.5) is 4.39 Å². The van der Waals surface area contributed by atoms with E-state index in [4.69, 9.17) is 4.74 Å². The molecule has 0 saturated carbocycles. The highest BCUT2D eigenvalue weighted by Gasteiger charge is 2.12. The van der Waals surface area contributed by atoms with Gasteiger partial charge in [0.05, 0.1) is 22.9 Å². The second-order valence-electron chi connectivity index (χ2n) is 4.48. The van der Waals surface area contributed by atoms with Crippen LogP contribution >= 0.6 is 11.5 Å². The summed E-state index contributed by atoms with van der Waals surface area (Å²) in [5, 5.41) is 0.408. The molecule has 3 rings (SSSR count). The van der Waals surface area contributed by atoms with Crippen LogP contribution < -0.4 is 10.3 Å². The minimum Gasteiger partial charge on any atom is -0.497 e. The summed E-state index contributed by atoms with van der Waals surface area (Å²) in [6.07, 6.45) is 0. The summed E-state index contributed by atoms with van der Waals surface area (Å²) in [6.45, 7) is 1.91. The molecular formula is C15H12FNO2S. The Hall–Kier alpha value is -2.14. The number of nitrogens with zero attached hydrogens (tertiary/aromatic N) is 1. The van der Waals surface area contributed by atoms with Crippen LogP contribution in [0.3, 0.4) is 0 Å². The Morgan fingerprint density at radius 3 is 2.70 bits per heavy atom. The van der Waals surface area contributed by atoms with E-state index in [1.165, 1.54) is 23.7 Å². The standard InChI is InChI=1S/C15H12FNO2S/c1-9-7-11(19-2)4-5-13(9)17-15(18)12-8-10(16)3-6-14(12)20-17/h3-8H,1-2H3. The van der Waals surface area contributed by atoms with E-state index in [0.717, 1.165) is 21.7 Å². The maximum absolute atomic E-state index is 13.2. The van der Waals surface area contributed by atoms with Crippen LogP contribution in [0, 0.1) is 12.7 Å². The maximum Gasteiger partial charge on any atom is 0.273 e. The molecule has 1 aromatic heterocycles. The molecule has 0 aliphatic heterocycles. The number of aromatic nitrogens is 1. The van der Waals surface area contributed by atoms with E-state index in [2.05, 4.69) is 0 Å². The molecule has 0 unspecified atom stereocenters. The molecular weight excluding hydrogens is 277 g/mol. The zero-order valence-corrected chi connectivity index (χ0v) is 11.8. The number of halogens is 1. The van der Waals surface area contributed by atoms with Gasteiger partial charge >= 0.3 is 0 Å². The molecule has 1 heterocycles. The number of ether oxygens (including phenoxy) is 1. The molecule has 3 nitrogen and oxygen atoms in total. The van der Waals surface area contributed by atoms with Crippen LogP contribution in [-0.2, 0) is 0 Å². The van der Waals surface area contributed by atoms with Crippen LogP contribution in [0.25, 0.3) is 15.8 Å². The number of benzene rings is 2. The highest BCUT2D eigenvalue weighted by Crippen LogP contribution is 2.25. The van der Waals surface area contributed by atoms with E-state index in [0.29, 0.717) is 5.39 Å². The zero-order valence-electron chi connectivity index (χ0n) is 11.0. The Labute approximate surface area is 119 Å². The first-order valence-electron chi connectivity index (χ1n) is 6.07. The Morgan fingerprint density at radius 1 is 1.20 bits per heavy atom. The minimum atomic E-state index is -0.397. The molecule has 5 heteroatoms. The third kappa shape index (κ3) is 2.00. The van der Waals surface area contributed by atoms with Gasteiger partial charge in [-0.05, 0) is 48.9 Å². The predicted molar refractivity (Wildman–Crippen MR) is 78.7 cm³/mol. The van der Waals surface area contributed by atoms with Gasteiger partial charge in [0.2, 0.25) is 0 Å². The average Bonchev–Trinajstić information content (AvgIpc) is 2.76. The first-order chi connectivity index (χ1) is 9.60. The molecule has 0 aliphatic rings. The molecule has 0 amide bonds. The van der Waals surface area contributed by atoms with Gasteiger partial charge in [-0.3, -0.25) is 4.79 Å². The van der Waals surface area contributed by atoms with Gasteiger partial charge in [0.25, 0.3) is 5.56 Å². The molecule has 0 radical (unpaired) electrons. The van der Waals surface area contributed by atoms with Gasteiger partial charge in [-0.15, -0.1) is 0 Å². The summed E-state index contributed by atoms with van der Waals surface area (Å²) in [4.78, 5) is 12.4. The Bertz CT molecular complexity index is 851. The van der Waals surface area contributed by atoms with Crippen LogP contribution in [0.2, 0.25) is 0 Å². The van der Waals surface area contributed by atoms with Crippen LogP contribution in [0.5, 0.6) is 5.75 Å². The van der Waals surface area contributed by atoms with E-state index in [1.54, 1.807) is 23.2 Å². The Morgan fingerprint density at radius 2 is 2.00 bits per heavy atom. The number of methoxy groups -OCH3 is 1. The fraction of sp³-hybridized carbons (Fsp3) is 0.133. The molecule has 0 atom stereocenters. The fourth-order valence-corrected chi connectivity index (χ4v) is 3.19. The van der Waals surface area contributed by atoms with Crippen molar-refractivity contribution in [3.63, 3.8) is 0 Å². The molecule has 102 valence electrons. The van der Waals surface area contributed by atoms with E-state index in [1.807, 2.05) is 19.1 Å². The molecule has 0 fully saturated rings. The van der Waals surface area contributed by atoms with Gasteiger partial charge in [-0.1, -0.05) is 11.5 Å². The van der Waals surface area contributed by atoms with Gasteiger partial charge in [-0.2, -0.15) is 0 Å². The van der Waals surface area contributed by atoms with Crippen molar-refractivity contribution in [3.8, 4) is 11.4 Å². The van der Waals surface area contributed by atoms with Gasteiger partial charge in [0.15, 0.2) is 0 Å². The smallest absolute Gasteiger partial charge is 0.273 e. The van der Waals surface area contributed by atoms with Crippen molar-refractivity contribution >= 4 is 21.6 Å². The monoisotopic (exact) mass is 289 g/mol. The molecule has 0 aliphatic carbocycles. The van der Waals surface area contributed by atoms with E-state index < -0.39 is 5.82 Å². The number of fused-ring (bicyclic) bond motifs is 1. The first kappa shape index (κ1) is 12.9. The van der Waals surface area contributed by atoms with Gasteiger partial charge in [-0.25, -0.2) is 8.35 Å². The SMILES string of the molecule is COc1ccc(-n2sc3ccc(F)cc3c2=O)c(C)c1. The van der Waals surface area contributed by atoms with Crippen molar-refractivity contribution in [1.82, 2.24) is 3.96 Å². The molecule has 0 saturated heterocycles. The van der Waals surface area contributed by atoms with Crippen molar-refractivity contribution in [2.45, 2.75) is 6.92 Å². The number of hydrogen-bond donors (Lipinski definition) is 0. The molecule has 3 aromatic rings. The second-order valence-corrected chi connectivity index (χ2v) is 5.47. The maximum atomic E-state index is 13.2. The Kier molecular flexibility index (Phi) is 3.06. The van der Waals surface area contributed by atoms with E-state index >= 15 is 0 Å². The number of hydrogen-bond acceptors (Lipinski definition) is 3. The largest absolute Gasteiger partial charge is 0.497 e. The van der Waals surface area contributed by atoms with E-state index in [9.17, 15) is 9.18 Å². The highest BCUT2D eigenvalue weighted by atomic mass is 32.1. The van der Waals surface area contributed by atoms with Crippen molar-refractivity contribution in [2.75, 3.05) is 7.11 Å². The third-order valence-corrected chi connectivity index (χ3v) is 4.27. The Balaban J connectivity index is 2.25. The van der Waals surface area contributed by atoms with Crippen LogP contribution in [-0.4, -0.2) is 11.1 Å². The third-order valence-electron chi connectivity index (χ3n) is 3.17. The van der Waals surface area contributed by atoms with E-state index in [-0.39, 0.29) is 5.56 Å². The lowest BCUT2D eigenvalue weighted by molar-refractivity contribution is 0.414. The fourth-order valence-electron chi connectivity index (χ4n) is 2.14. The van der Waals surface area contributed by atoms with Crippen LogP contribution in [0.1, 0.15) is 5.56 Å².